The van der Waals surface area contributed by atoms with Crippen molar-refractivity contribution in [1.29, 1.82) is 0 Å². The summed E-state index contributed by atoms with van der Waals surface area (Å²) in [5, 5.41) is 15.0. The molecule has 6 heteroatoms. The lowest BCUT2D eigenvalue weighted by Gasteiger charge is -2.40. The van der Waals surface area contributed by atoms with E-state index in [2.05, 4.69) is 35.5 Å². The molecule has 2 bridgehead atoms. The number of hydrogen-bond donors (Lipinski definition) is 2. The molecule has 20 heavy (non-hydrogen) atoms. The second-order valence-corrected chi connectivity index (χ2v) is 8.70. The topological polar surface area (TPSA) is 67.8 Å². The zero-order chi connectivity index (χ0) is 15.2. The van der Waals surface area contributed by atoms with E-state index in [0.29, 0.717) is 5.92 Å². The molecule has 0 saturated heterocycles. The average molecular weight is 303 g/mol. The zero-order valence-electron chi connectivity index (χ0n) is 12.9. The fraction of sp³-hybridized carbons (Fsp3) is 0.929. The molecule has 0 aromatic heterocycles. The van der Waals surface area contributed by atoms with Crippen LogP contribution in [0.1, 0.15) is 53.9 Å². The number of carbonyl (C=O) groups is 1. The smallest absolute Gasteiger partial charge is 0.238 e. The third-order valence-electron chi connectivity index (χ3n) is 5.92. The summed E-state index contributed by atoms with van der Waals surface area (Å²) < 4.78 is 3.61. The standard InChI is InChI=1S/C14H25NO4S/c1-12(2)9-6-7-14(12,5)10(8-9)15-11(16)13(3,4)20-19-18-17/h9-10,17H,6-8H2,1-5H3,(H,15,16). The quantitative estimate of drug-likeness (QED) is 0.464. The van der Waals surface area contributed by atoms with Crippen LogP contribution in [0, 0.1) is 16.7 Å². The Morgan fingerprint density at radius 1 is 1.40 bits per heavy atom. The van der Waals surface area contributed by atoms with Crippen LogP contribution in [-0.4, -0.2) is 22.0 Å². The third kappa shape index (κ3) is 2.36. The van der Waals surface area contributed by atoms with Gasteiger partial charge in [0.15, 0.2) is 0 Å². The SMILES string of the molecule is CC(C)(SOOO)C(=O)NC1CC2CCC1(C)C2(C)C. The molecule has 1 amide bonds. The van der Waals surface area contributed by atoms with E-state index in [9.17, 15) is 4.79 Å². The molecule has 0 aromatic rings. The summed E-state index contributed by atoms with van der Waals surface area (Å²) in [5.41, 5.74) is 0.426. The van der Waals surface area contributed by atoms with Crippen molar-refractivity contribution in [3.63, 3.8) is 0 Å². The molecule has 3 unspecified atom stereocenters. The van der Waals surface area contributed by atoms with Crippen molar-refractivity contribution in [1.82, 2.24) is 5.32 Å². The summed E-state index contributed by atoms with van der Waals surface area (Å²) >= 11 is 0.805. The number of amides is 1. The molecule has 2 rings (SSSR count). The van der Waals surface area contributed by atoms with Crippen molar-refractivity contribution < 1.29 is 19.4 Å². The molecule has 2 aliphatic rings. The van der Waals surface area contributed by atoms with Gasteiger partial charge in [0.1, 0.15) is 4.75 Å². The van der Waals surface area contributed by atoms with E-state index in [4.69, 9.17) is 5.26 Å². The highest BCUT2D eigenvalue weighted by atomic mass is 32.2. The van der Waals surface area contributed by atoms with Crippen LogP contribution >= 0.6 is 12.0 Å². The summed E-state index contributed by atoms with van der Waals surface area (Å²) in [5.74, 6) is 0.597. The van der Waals surface area contributed by atoms with Gasteiger partial charge in [0.2, 0.25) is 5.91 Å². The van der Waals surface area contributed by atoms with Gasteiger partial charge in [0.25, 0.3) is 0 Å². The second-order valence-electron chi connectivity index (χ2n) is 7.37. The van der Waals surface area contributed by atoms with Crippen molar-refractivity contribution in [3.05, 3.63) is 0 Å². The molecule has 2 N–H and O–H groups in total. The Balaban J connectivity index is 2.03. The lowest BCUT2D eigenvalue weighted by Crippen LogP contribution is -2.51. The largest absolute Gasteiger partial charge is 0.352 e. The highest BCUT2D eigenvalue weighted by Crippen LogP contribution is 2.65. The molecule has 0 aliphatic heterocycles. The summed E-state index contributed by atoms with van der Waals surface area (Å²) in [4.78, 5) is 12.4. The van der Waals surface area contributed by atoms with Gasteiger partial charge in [-0.2, -0.15) is 0 Å². The van der Waals surface area contributed by atoms with Gasteiger partial charge in [0, 0.05) is 6.04 Å². The molecule has 0 spiro atoms. The predicted molar refractivity (Wildman–Crippen MR) is 77.6 cm³/mol. The van der Waals surface area contributed by atoms with E-state index >= 15 is 0 Å². The summed E-state index contributed by atoms with van der Waals surface area (Å²) in [6, 6.07) is 0.207. The van der Waals surface area contributed by atoms with Crippen LogP contribution in [0.25, 0.3) is 0 Å². The maximum atomic E-state index is 12.4. The summed E-state index contributed by atoms with van der Waals surface area (Å²) in [6.07, 6.45) is 3.47. The molecule has 5 nitrogen and oxygen atoms in total. The van der Waals surface area contributed by atoms with Crippen molar-refractivity contribution in [2.45, 2.75) is 64.7 Å². The first-order chi connectivity index (χ1) is 9.15. The van der Waals surface area contributed by atoms with Gasteiger partial charge in [-0.25, -0.2) is 5.26 Å². The van der Waals surface area contributed by atoms with Crippen LogP contribution in [0.3, 0.4) is 0 Å². The molecule has 3 atom stereocenters. The van der Waals surface area contributed by atoms with Crippen LogP contribution in [-0.2, 0) is 14.2 Å². The Bertz CT molecular complexity index is 399. The summed E-state index contributed by atoms with van der Waals surface area (Å²) in [7, 11) is 0. The number of rotatable bonds is 5. The van der Waals surface area contributed by atoms with E-state index in [0.717, 1.165) is 18.5 Å². The van der Waals surface area contributed by atoms with E-state index in [1.165, 1.54) is 12.8 Å². The van der Waals surface area contributed by atoms with Gasteiger partial charge in [0.05, 0.1) is 12.0 Å². The molecule has 116 valence electrons. The number of fused-ring (bicyclic) bond motifs is 2. The maximum Gasteiger partial charge on any atom is 0.238 e. The number of hydrogen-bond acceptors (Lipinski definition) is 5. The van der Waals surface area contributed by atoms with Gasteiger partial charge >= 0.3 is 0 Å². The normalized spacial score (nSPS) is 35.3. The third-order valence-corrected chi connectivity index (χ3v) is 6.65. The molecule has 0 radical (unpaired) electrons. The minimum absolute atomic E-state index is 0.0888. The maximum absolute atomic E-state index is 12.4. The Morgan fingerprint density at radius 3 is 2.50 bits per heavy atom. The minimum Gasteiger partial charge on any atom is -0.352 e. The molecule has 0 aromatic carbocycles. The summed E-state index contributed by atoms with van der Waals surface area (Å²) in [6.45, 7) is 10.4. The molecule has 2 fully saturated rings. The van der Waals surface area contributed by atoms with Crippen LogP contribution in [0.4, 0.5) is 0 Å². The molecular weight excluding hydrogens is 278 g/mol. The number of carbonyl (C=O) groups excluding carboxylic acids is 1. The minimum atomic E-state index is -0.814. The molecular formula is C14H25NO4S. The lowest BCUT2D eigenvalue weighted by atomic mass is 9.69. The van der Waals surface area contributed by atoms with Crippen molar-refractivity contribution in [2.75, 3.05) is 0 Å². The fourth-order valence-electron chi connectivity index (χ4n) is 3.89. The van der Waals surface area contributed by atoms with E-state index in [1.54, 1.807) is 13.8 Å². The van der Waals surface area contributed by atoms with Gasteiger partial charge in [-0.3, -0.25) is 4.79 Å². The monoisotopic (exact) mass is 303 g/mol. The first-order valence-electron chi connectivity index (χ1n) is 7.12. The number of nitrogens with one attached hydrogen (secondary N) is 1. The van der Waals surface area contributed by atoms with Gasteiger partial charge in [-0.05, 0) is 49.9 Å². The molecule has 2 aliphatic carbocycles. The Hall–Kier alpha value is -0.300. The Kier molecular flexibility index (Phi) is 4.15. The van der Waals surface area contributed by atoms with Crippen LogP contribution in [0.15, 0.2) is 0 Å². The first kappa shape index (κ1) is 16.1. The Labute approximate surface area is 124 Å². The lowest BCUT2D eigenvalue weighted by molar-refractivity contribution is -0.432. The highest BCUT2D eigenvalue weighted by molar-refractivity contribution is 7.96. The van der Waals surface area contributed by atoms with Gasteiger partial charge < -0.3 is 5.32 Å². The van der Waals surface area contributed by atoms with Crippen molar-refractivity contribution in [3.8, 4) is 0 Å². The van der Waals surface area contributed by atoms with Crippen molar-refractivity contribution in [2.24, 2.45) is 16.7 Å². The van der Waals surface area contributed by atoms with Crippen LogP contribution in [0.2, 0.25) is 0 Å². The first-order valence-corrected chi connectivity index (χ1v) is 7.86. The van der Waals surface area contributed by atoms with Gasteiger partial charge in [-0.1, -0.05) is 25.8 Å². The fourth-order valence-corrected chi connectivity index (χ4v) is 4.23. The van der Waals surface area contributed by atoms with E-state index in [1.807, 2.05) is 0 Å². The second kappa shape index (κ2) is 5.16. The zero-order valence-corrected chi connectivity index (χ0v) is 13.7. The van der Waals surface area contributed by atoms with E-state index < -0.39 is 4.75 Å². The predicted octanol–water partition coefficient (Wildman–Crippen LogP) is 3.17. The van der Waals surface area contributed by atoms with Crippen LogP contribution in [0.5, 0.6) is 0 Å². The molecule has 2 saturated carbocycles. The van der Waals surface area contributed by atoms with Crippen LogP contribution < -0.4 is 5.32 Å². The highest BCUT2D eigenvalue weighted by Gasteiger charge is 2.61. The Morgan fingerprint density at radius 2 is 2.05 bits per heavy atom. The van der Waals surface area contributed by atoms with Gasteiger partial charge in [-0.15, -0.1) is 4.33 Å². The molecule has 0 heterocycles. The average Bonchev–Trinajstić information content (AvgIpc) is 2.69. The van der Waals surface area contributed by atoms with Crippen molar-refractivity contribution >= 4 is 17.9 Å². The van der Waals surface area contributed by atoms with E-state index in [-0.39, 0.29) is 22.8 Å².